The number of carbonyl (C=O) groups is 1. The summed E-state index contributed by atoms with van der Waals surface area (Å²) in [5.41, 5.74) is 1.89. The van der Waals surface area contributed by atoms with Crippen LogP contribution in [0.2, 0.25) is 0 Å². The van der Waals surface area contributed by atoms with Crippen molar-refractivity contribution in [2.45, 2.75) is 26.7 Å². The van der Waals surface area contributed by atoms with Gasteiger partial charge in [0.25, 0.3) is 5.91 Å². The molecule has 1 fully saturated rings. The number of amides is 1. The Morgan fingerprint density at radius 3 is 2.76 bits per heavy atom. The third-order valence-corrected chi connectivity index (χ3v) is 3.71. The molecule has 3 heterocycles. The molecule has 0 aliphatic carbocycles. The van der Waals surface area contributed by atoms with Gasteiger partial charge in [-0.25, -0.2) is 4.98 Å². The summed E-state index contributed by atoms with van der Waals surface area (Å²) in [6.45, 7) is 5.47. The number of hydrogen-bond acceptors (Lipinski definition) is 5. The first-order valence-electron chi connectivity index (χ1n) is 7.11. The number of nitrogens with one attached hydrogen (secondary N) is 1. The highest BCUT2D eigenvalue weighted by molar-refractivity contribution is 6.08. The van der Waals surface area contributed by atoms with Gasteiger partial charge in [0.2, 0.25) is 0 Å². The lowest BCUT2D eigenvalue weighted by atomic mass is 10.2. The number of pyridine rings is 1. The van der Waals surface area contributed by atoms with Crippen LogP contribution < -0.4 is 10.2 Å². The van der Waals surface area contributed by atoms with Crippen LogP contribution in [0.15, 0.2) is 22.9 Å². The molecule has 21 heavy (non-hydrogen) atoms. The van der Waals surface area contributed by atoms with Crippen LogP contribution in [0, 0.1) is 13.8 Å². The highest BCUT2D eigenvalue weighted by Crippen LogP contribution is 2.24. The summed E-state index contributed by atoms with van der Waals surface area (Å²) in [7, 11) is 0. The normalized spacial score (nSPS) is 14.5. The van der Waals surface area contributed by atoms with E-state index in [1.807, 2.05) is 0 Å². The SMILES string of the molecule is Cc1noc(C)c1NC(=O)c1cccnc1N1CCCC1. The maximum atomic E-state index is 12.5. The predicted octanol–water partition coefficient (Wildman–Crippen LogP) is 2.54. The maximum absolute atomic E-state index is 12.5. The van der Waals surface area contributed by atoms with E-state index >= 15 is 0 Å². The number of aryl methyl sites for hydroxylation is 2. The van der Waals surface area contributed by atoms with Crippen molar-refractivity contribution in [3.63, 3.8) is 0 Å². The molecule has 0 aromatic carbocycles. The molecule has 0 bridgehead atoms. The highest BCUT2D eigenvalue weighted by Gasteiger charge is 2.22. The molecule has 0 radical (unpaired) electrons. The molecule has 1 aliphatic heterocycles. The Hall–Kier alpha value is -2.37. The fourth-order valence-electron chi connectivity index (χ4n) is 2.60. The first-order valence-corrected chi connectivity index (χ1v) is 7.11. The van der Waals surface area contributed by atoms with Crippen LogP contribution in [0.4, 0.5) is 11.5 Å². The average molecular weight is 286 g/mol. The highest BCUT2D eigenvalue weighted by atomic mass is 16.5. The molecular weight excluding hydrogens is 268 g/mol. The summed E-state index contributed by atoms with van der Waals surface area (Å²) in [5, 5.41) is 6.72. The Balaban J connectivity index is 1.88. The number of hydrogen-bond donors (Lipinski definition) is 1. The zero-order valence-corrected chi connectivity index (χ0v) is 12.2. The van der Waals surface area contributed by atoms with Gasteiger partial charge in [-0.3, -0.25) is 4.79 Å². The molecule has 3 rings (SSSR count). The average Bonchev–Trinajstić information content (AvgIpc) is 3.13. The van der Waals surface area contributed by atoms with Crippen LogP contribution in [-0.4, -0.2) is 29.1 Å². The molecule has 1 saturated heterocycles. The Labute approximate surface area is 123 Å². The first-order chi connectivity index (χ1) is 10.2. The van der Waals surface area contributed by atoms with Gasteiger partial charge in [0.05, 0.1) is 5.56 Å². The largest absolute Gasteiger partial charge is 0.359 e. The van der Waals surface area contributed by atoms with Crippen molar-refractivity contribution in [2.75, 3.05) is 23.3 Å². The Morgan fingerprint density at radius 2 is 2.10 bits per heavy atom. The van der Waals surface area contributed by atoms with Gasteiger partial charge >= 0.3 is 0 Å². The van der Waals surface area contributed by atoms with E-state index in [-0.39, 0.29) is 5.91 Å². The zero-order valence-electron chi connectivity index (χ0n) is 12.2. The van der Waals surface area contributed by atoms with E-state index in [1.54, 1.807) is 32.2 Å². The number of anilines is 2. The second-order valence-corrected chi connectivity index (χ2v) is 5.22. The lowest BCUT2D eigenvalue weighted by molar-refractivity contribution is 0.102. The Bertz CT molecular complexity index is 640. The number of aromatic nitrogens is 2. The summed E-state index contributed by atoms with van der Waals surface area (Å²) in [6.07, 6.45) is 4.00. The van der Waals surface area contributed by atoms with Crippen molar-refractivity contribution in [1.29, 1.82) is 0 Å². The topological polar surface area (TPSA) is 71.3 Å². The van der Waals surface area contributed by atoms with Crippen LogP contribution in [-0.2, 0) is 0 Å². The fourth-order valence-corrected chi connectivity index (χ4v) is 2.60. The van der Waals surface area contributed by atoms with E-state index in [2.05, 4.69) is 20.4 Å². The number of carbonyl (C=O) groups excluding carboxylic acids is 1. The van der Waals surface area contributed by atoms with Crippen molar-refractivity contribution >= 4 is 17.4 Å². The summed E-state index contributed by atoms with van der Waals surface area (Å²) < 4.78 is 5.07. The summed E-state index contributed by atoms with van der Waals surface area (Å²) >= 11 is 0. The van der Waals surface area contributed by atoms with Crippen molar-refractivity contribution in [1.82, 2.24) is 10.1 Å². The molecule has 2 aromatic rings. The van der Waals surface area contributed by atoms with Gasteiger partial charge in [0.1, 0.15) is 17.2 Å². The molecule has 0 atom stereocenters. The van der Waals surface area contributed by atoms with E-state index in [4.69, 9.17) is 4.52 Å². The molecule has 0 saturated carbocycles. The van der Waals surface area contributed by atoms with Crippen molar-refractivity contribution in [3.05, 3.63) is 35.3 Å². The van der Waals surface area contributed by atoms with E-state index in [9.17, 15) is 4.79 Å². The van der Waals surface area contributed by atoms with Gasteiger partial charge in [-0.05, 0) is 38.8 Å². The quantitative estimate of drug-likeness (QED) is 0.938. The minimum atomic E-state index is -0.181. The van der Waals surface area contributed by atoms with Gasteiger partial charge in [-0.1, -0.05) is 5.16 Å². The summed E-state index contributed by atoms with van der Waals surface area (Å²) in [6, 6.07) is 3.58. The van der Waals surface area contributed by atoms with E-state index in [0.717, 1.165) is 31.7 Å². The molecule has 0 spiro atoms. The smallest absolute Gasteiger partial charge is 0.259 e. The Kier molecular flexibility index (Phi) is 3.60. The standard InChI is InChI=1S/C15H18N4O2/c1-10-13(11(2)21-18-10)17-15(20)12-6-5-7-16-14(12)19-8-3-4-9-19/h5-7H,3-4,8-9H2,1-2H3,(H,17,20). The monoisotopic (exact) mass is 286 g/mol. The van der Waals surface area contributed by atoms with E-state index < -0.39 is 0 Å². The van der Waals surface area contributed by atoms with Gasteiger partial charge in [0.15, 0.2) is 5.76 Å². The van der Waals surface area contributed by atoms with Gasteiger partial charge in [0, 0.05) is 19.3 Å². The zero-order chi connectivity index (χ0) is 14.8. The first kappa shape index (κ1) is 13.6. The van der Waals surface area contributed by atoms with Crippen LogP contribution in [0.5, 0.6) is 0 Å². The summed E-state index contributed by atoms with van der Waals surface area (Å²) in [5.74, 6) is 1.17. The lowest BCUT2D eigenvalue weighted by Crippen LogP contribution is -2.24. The molecule has 110 valence electrons. The van der Waals surface area contributed by atoms with Crippen molar-refractivity contribution < 1.29 is 9.32 Å². The molecular formula is C15H18N4O2. The summed E-state index contributed by atoms with van der Waals surface area (Å²) in [4.78, 5) is 19.1. The number of nitrogens with zero attached hydrogens (tertiary/aromatic N) is 3. The van der Waals surface area contributed by atoms with Crippen LogP contribution in [0.25, 0.3) is 0 Å². The molecule has 1 aliphatic rings. The van der Waals surface area contributed by atoms with Crippen LogP contribution in [0.1, 0.15) is 34.7 Å². The van der Waals surface area contributed by atoms with E-state index in [0.29, 0.717) is 22.7 Å². The van der Waals surface area contributed by atoms with Gasteiger partial charge < -0.3 is 14.7 Å². The second-order valence-electron chi connectivity index (χ2n) is 5.22. The van der Waals surface area contributed by atoms with Gasteiger partial charge in [-0.15, -0.1) is 0 Å². The molecule has 0 unspecified atom stereocenters. The van der Waals surface area contributed by atoms with Crippen molar-refractivity contribution in [2.24, 2.45) is 0 Å². The molecule has 1 amide bonds. The number of rotatable bonds is 3. The molecule has 6 heteroatoms. The second kappa shape index (κ2) is 5.55. The Morgan fingerprint density at radius 1 is 1.33 bits per heavy atom. The van der Waals surface area contributed by atoms with Gasteiger partial charge in [-0.2, -0.15) is 0 Å². The van der Waals surface area contributed by atoms with Crippen molar-refractivity contribution in [3.8, 4) is 0 Å². The third-order valence-electron chi connectivity index (χ3n) is 3.71. The lowest BCUT2D eigenvalue weighted by Gasteiger charge is -2.19. The molecule has 1 N–H and O–H groups in total. The molecule has 2 aromatic heterocycles. The minimum Gasteiger partial charge on any atom is -0.359 e. The van der Waals surface area contributed by atoms with Crippen LogP contribution >= 0.6 is 0 Å². The third kappa shape index (κ3) is 2.61. The fraction of sp³-hybridized carbons (Fsp3) is 0.400. The minimum absolute atomic E-state index is 0.181. The molecule has 6 nitrogen and oxygen atoms in total. The predicted molar refractivity (Wildman–Crippen MR) is 79.6 cm³/mol. The maximum Gasteiger partial charge on any atom is 0.259 e. The van der Waals surface area contributed by atoms with Crippen LogP contribution in [0.3, 0.4) is 0 Å². The van der Waals surface area contributed by atoms with E-state index in [1.165, 1.54) is 0 Å².